The number of hydrogen-bond donors (Lipinski definition) is 2. The van der Waals surface area contributed by atoms with Crippen LogP contribution in [0.4, 0.5) is 11.1 Å². The van der Waals surface area contributed by atoms with Crippen LogP contribution in [0.25, 0.3) is 21.3 Å². The number of carbonyl (C=O) groups excluding carboxylic acids is 1. The van der Waals surface area contributed by atoms with Gasteiger partial charge in [0.15, 0.2) is 10.9 Å². The van der Waals surface area contributed by atoms with Crippen LogP contribution in [0.3, 0.4) is 0 Å². The number of benzene rings is 2. The normalized spacial score (nSPS) is 19.2. The van der Waals surface area contributed by atoms with Gasteiger partial charge in [0.25, 0.3) is 0 Å². The van der Waals surface area contributed by atoms with E-state index in [2.05, 4.69) is 10.3 Å². The Balaban J connectivity index is 1.36. The van der Waals surface area contributed by atoms with Crippen molar-refractivity contribution < 1.29 is 9.90 Å². The van der Waals surface area contributed by atoms with Crippen molar-refractivity contribution in [2.75, 3.05) is 5.32 Å². The Morgan fingerprint density at radius 3 is 2.77 bits per heavy atom. The Hall–Kier alpha value is -2.48. The Kier molecular flexibility index (Phi) is 5.42. The monoisotopic (exact) mass is 454 g/mol. The minimum Gasteiger partial charge on any atom is -0.393 e. The predicted molar refractivity (Wildman–Crippen MR) is 126 cm³/mol. The van der Waals surface area contributed by atoms with Crippen LogP contribution in [-0.2, 0) is 7.05 Å². The van der Waals surface area contributed by atoms with Gasteiger partial charge in [-0.15, -0.1) is 0 Å². The van der Waals surface area contributed by atoms with E-state index >= 15 is 0 Å². The zero-order chi connectivity index (χ0) is 21.5. The summed E-state index contributed by atoms with van der Waals surface area (Å²) in [7, 11) is 1.94. The summed E-state index contributed by atoms with van der Waals surface area (Å²) in [6.45, 7) is 0. The van der Waals surface area contributed by atoms with E-state index in [0.29, 0.717) is 28.9 Å². The Labute approximate surface area is 188 Å². The maximum absolute atomic E-state index is 12.8. The lowest BCUT2D eigenvalue weighted by molar-refractivity contribution is 0.0860. The zero-order valence-electron chi connectivity index (χ0n) is 17.1. The van der Waals surface area contributed by atoms with Gasteiger partial charge < -0.3 is 15.0 Å². The van der Waals surface area contributed by atoms with E-state index in [1.807, 2.05) is 48.0 Å². The molecule has 8 heteroatoms. The number of Topliss-reactive ketones (excluding diaryl/α,β-unsaturated/α-hetero) is 1. The minimum absolute atomic E-state index is 0.145. The Bertz CT molecular complexity index is 1270. The van der Waals surface area contributed by atoms with Crippen molar-refractivity contribution in [3.05, 3.63) is 47.0 Å². The maximum atomic E-state index is 12.8. The molecular formula is C23H23ClN4O2S. The third kappa shape index (κ3) is 4.18. The molecule has 0 bridgehead atoms. The van der Waals surface area contributed by atoms with Gasteiger partial charge in [-0.05, 0) is 68.0 Å². The van der Waals surface area contributed by atoms with Crippen LogP contribution in [0.2, 0.25) is 5.02 Å². The maximum Gasteiger partial charge on any atom is 0.209 e. The topological polar surface area (TPSA) is 80.0 Å². The number of imidazole rings is 1. The number of nitrogens with one attached hydrogen (secondary N) is 1. The van der Waals surface area contributed by atoms with E-state index in [0.717, 1.165) is 52.1 Å². The number of nitrogens with zero attached hydrogens (tertiary/aromatic N) is 3. The first-order chi connectivity index (χ1) is 15.0. The number of rotatable bonds is 5. The third-order valence-corrected chi connectivity index (χ3v) is 7.23. The van der Waals surface area contributed by atoms with Gasteiger partial charge in [0.1, 0.15) is 0 Å². The number of aliphatic hydroxyl groups excluding tert-OH is 1. The summed E-state index contributed by atoms with van der Waals surface area (Å²) in [6.07, 6.45) is 3.76. The number of aliphatic hydroxyl groups is 1. The summed E-state index contributed by atoms with van der Waals surface area (Å²) < 4.78 is 2.97. The fourth-order valence-electron chi connectivity index (χ4n) is 4.26. The molecule has 2 N–H and O–H groups in total. The van der Waals surface area contributed by atoms with E-state index in [1.165, 1.54) is 11.3 Å². The largest absolute Gasteiger partial charge is 0.393 e. The summed E-state index contributed by atoms with van der Waals surface area (Å²) in [6, 6.07) is 11.3. The molecule has 2 heterocycles. The second-order valence-corrected chi connectivity index (χ2v) is 9.72. The SMILES string of the molecule is Cn1c(Nc2nc3ccc(Cl)cc3s2)nc2cc(C(=O)CC3CCC(O)CC3)ccc21. The molecule has 2 aromatic heterocycles. The van der Waals surface area contributed by atoms with Crippen LogP contribution in [0.5, 0.6) is 0 Å². The summed E-state index contributed by atoms with van der Waals surface area (Å²) in [5, 5.41) is 14.4. The highest BCUT2D eigenvalue weighted by Crippen LogP contribution is 2.32. The molecule has 1 aliphatic rings. The van der Waals surface area contributed by atoms with Crippen LogP contribution in [-0.4, -0.2) is 31.5 Å². The number of aromatic nitrogens is 3. The summed E-state index contributed by atoms with van der Waals surface area (Å²) in [4.78, 5) is 22.1. The number of halogens is 1. The average Bonchev–Trinajstić information content (AvgIpc) is 3.29. The molecule has 1 saturated carbocycles. The van der Waals surface area contributed by atoms with Crippen molar-refractivity contribution in [3.8, 4) is 0 Å². The number of hydrogen-bond acceptors (Lipinski definition) is 6. The van der Waals surface area contributed by atoms with Crippen LogP contribution in [0.1, 0.15) is 42.5 Å². The molecule has 0 atom stereocenters. The number of anilines is 2. The molecule has 0 spiro atoms. The van der Waals surface area contributed by atoms with Gasteiger partial charge in [-0.2, -0.15) is 0 Å². The van der Waals surface area contributed by atoms with Crippen molar-refractivity contribution in [1.29, 1.82) is 0 Å². The van der Waals surface area contributed by atoms with Crippen LogP contribution < -0.4 is 5.32 Å². The molecule has 0 radical (unpaired) electrons. The van der Waals surface area contributed by atoms with Gasteiger partial charge in [0.05, 0.1) is 27.4 Å². The smallest absolute Gasteiger partial charge is 0.209 e. The van der Waals surface area contributed by atoms with E-state index in [1.54, 1.807) is 0 Å². The van der Waals surface area contributed by atoms with Crippen molar-refractivity contribution in [1.82, 2.24) is 14.5 Å². The molecule has 0 unspecified atom stereocenters. The van der Waals surface area contributed by atoms with Gasteiger partial charge in [-0.25, -0.2) is 9.97 Å². The Morgan fingerprint density at radius 1 is 1.16 bits per heavy atom. The van der Waals surface area contributed by atoms with Crippen molar-refractivity contribution >= 4 is 61.1 Å². The summed E-state index contributed by atoms with van der Waals surface area (Å²) in [5.41, 5.74) is 3.31. The quantitative estimate of drug-likeness (QED) is 0.378. The van der Waals surface area contributed by atoms with Crippen LogP contribution in [0, 0.1) is 5.92 Å². The van der Waals surface area contributed by atoms with Crippen molar-refractivity contribution in [3.63, 3.8) is 0 Å². The highest BCUT2D eigenvalue weighted by molar-refractivity contribution is 7.22. The lowest BCUT2D eigenvalue weighted by atomic mass is 9.83. The average molecular weight is 455 g/mol. The highest BCUT2D eigenvalue weighted by atomic mass is 35.5. The number of fused-ring (bicyclic) bond motifs is 2. The zero-order valence-corrected chi connectivity index (χ0v) is 18.7. The molecule has 1 aliphatic carbocycles. The summed E-state index contributed by atoms with van der Waals surface area (Å²) >= 11 is 7.60. The third-order valence-electron chi connectivity index (χ3n) is 6.06. The second kappa shape index (κ2) is 8.22. The summed E-state index contributed by atoms with van der Waals surface area (Å²) in [5.74, 6) is 1.18. The fourth-order valence-corrected chi connectivity index (χ4v) is 5.40. The fraction of sp³-hybridized carbons (Fsp3) is 0.348. The predicted octanol–water partition coefficient (Wildman–Crippen LogP) is 5.70. The molecule has 0 saturated heterocycles. The van der Waals surface area contributed by atoms with Crippen LogP contribution in [0.15, 0.2) is 36.4 Å². The van der Waals surface area contributed by atoms with Gasteiger partial charge in [-0.1, -0.05) is 22.9 Å². The van der Waals surface area contributed by atoms with Gasteiger partial charge >= 0.3 is 0 Å². The molecule has 2 aromatic carbocycles. The van der Waals surface area contributed by atoms with E-state index in [-0.39, 0.29) is 11.9 Å². The van der Waals surface area contributed by atoms with Crippen LogP contribution >= 0.6 is 22.9 Å². The lowest BCUT2D eigenvalue weighted by Gasteiger charge is -2.24. The van der Waals surface area contributed by atoms with Gasteiger partial charge in [0.2, 0.25) is 5.95 Å². The highest BCUT2D eigenvalue weighted by Gasteiger charge is 2.22. The lowest BCUT2D eigenvalue weighted by Crippen LogP contribution is -2.20. The first-order valence-corrected chi connectivity index (χ1v) is 11.7. The molecular weight excluding hydrogens is 432 g/mol. The first-order valence-electron chi connectivity index (χ1n) is 10.5. The van der Waals surface area contributed by atoms with E-state index < -0.39 is 0 Å². The van der Waals surface area contributed by atoms with Crippen molar-refractivity contribution in [2.24, 2.45) is 13.0 Å². The molecule has 5 rings (SSSR count). The number of carbonyl (C=O) groups is 1. The van der Waals surface area contributed by atoms with Crippen molar-refractivity contribution in [2.45, 2.75) is 38.2 Å². The second-order valence-electron chi connectivity index (χ2n) is 8.26. The van der Waals surface area contributed by atoms with E-state index in [9.17, 15) is 9.90 Å². The molecule has 4 aromatic rings. The first kappa shape index (κ1) is 20.4. The number of thiazole rings is 1. The van der Waals surface area contributed by atoms with Gasteiger partial charge in [0, 0.05) is 24.1 Å². The molecule has 31 heavy (non-hydrogen) atoms. The Morgan fingerprint density at radius 2 is 1.97 bits per heavy atom. The van der Waals surface area contributed by atoms with Gasteiger partial charge in [-0.3, -0.25) is 4.79 Å². The number of ketones is 1. The molecule has 0 amide bonds. The molecule has 6 nitrogen and oxygen atoms in total. The molecule has 160 valence electrons. The van der Waals surface area contributed by atoms with E-state index in [4.69, 9.17) is 16.6 Å². The minimum atomic E-state index is -0.199. The molecule has 0 aliphatic heterocycles. The standard InChI is InChI=1S/C23H23ClN4O2S/c1-28-19-9-4-14(20(30)10-13-2-6-16(29)7-3-13)11-18(19)25-22(28)27-23-26-17-8-5-15(24)12-21(17)31-23/h4-5,8-9,11-13,16,29H,2-3,6-7,10H2,1H3,(H,25,26,27). The number of aryl methyl sites for hydroxylation is 1. The molecule has 1 fully saturated rings.